The molecule has 0 spiro atoms. The van der Waals surface area contributed by atoms with Gasteiger partial charge in [0.05, 0.1) is 28.0 Å². The van der Waals surface area contributed by atoms with E-state index < -0.39 is 5.56 Å². The molecule has 1 atom stereocenters. The van der Waals surface area contributed by atoms with Gasteiger partial charge in [-0.3, -0.25) is 9.59 Å². The molecule has 6 heteroatoms. The van der Waals surface area contributed by atoms with Crippen molar-refractivity contribution in [2.24, 2.45) is 0 Å². The van der Waals surface area contributed by atoms with Gasteiger partial charge in [0.25, 0.3) is 5.56 Å². The Balaban J connectivity index is 2.02. The second kappa shape index (κ2) is 6.90. The van der Waals surface area contributed by atoms with E-state index in [1.54, 1.807) is 44.6 Å². The molecule has 1 aromatic carbocycles. The van der Waals surface area contributed by atoms with Gasteiger partial charge in [-0.15, -0.1) is 11.3 Å². The van der Waals surface area contributed by atoms with Gasteiger partial charge >= 0.3 is 0 Å². The van der Waals surface area contributed by atoms with Crippen LogP contribution < -0.4 is 19.4 Å². The fourth-order valence-electron chi connectivity index (χ4n) is 2.26. The SMILES string of the molecule is COc1ccc(C(=O)/C=c2\sc3c(nc2=O)C=CC(OC)C=3)cc1. The topological polar surface area (TPSA) is 65.5 Å². The van der Waals surface area contributed by atoms with Crippen molar-refractivity contribution in [1.82, 2.24) is 4.98 Å². The standard InChI is InChI=1S/C18H15NO4S/c1-22-12-5-3-11(4-6-12)15(20)10-17-18(21)19-14-8-7-13(23-2)9-16(14)24-17/h3-10,13H,1-2H3/b17-10-. The van der Waals surface area contributed by atoms with Crippen molar-refractivity contribution >= 4 is 35.3 Å². The summed E-state index contributed by atoms with van der Waals surface area (Å²) < 4.78 is 11.4. The predicted molar refractivity (Wildman–Crippen MR) is 93.7 cm³/mol. The summed E-state index contributed by atoms with van der Waals surface area (Å²) in [6.07, 6.45) is 6.64. The maximum atomic E-state index is 12.3. The number of carbonyl (C=O) groups excluding carboxylic acids is 1. The summed E-state index contributed by atoms with van der Waals surface area (Å²) in [6.45, 7) is 0. The normalized spacial score (nSPS) is 16.4. The molecule has 1 aliphatic rings. The lowest BCUT2D eigenvalue weighted by molar-refractivity contribution is 0.106. The summed E-state index contributed by atoms with van der Waals surface area (Å²) in [7, 11) is 3.17. The van der Waals surface area contributed by atoms with Crippen LogP contribution >= 0.6 is 11.3 Å². The van der Waals surface area contributed by atoms with Crippen molar-refractivity contribution < 1.29 is 14.3 Å². The molecule has 122 valence electrons. The van der Waals surface area contributed by atoms with Crippen molar-refractivity contribution in [2.45, 2.75) is 6.10 Å². The Morgan fingerprint density at radius 2 is 2.00 bits per heavy atom. The van der Waals surface area contributed by atoms with Crippen LogP contribution in [-0.2, 0) is 4.74 Å². The second-order valence-corrected chi connectivity index (χ2v) is 6.18. The number of aromatic nitrogens is 1. The zero-order valence-corrected chi connectivity index (χ0v) is 14.0. The number of carbonyl (C=O) groups is 1. The Morgan fingerprint density at radius 3 is 2.67 bits per heavy atom. The van der Waals surface area contributed by atoms with Crippen LogP contribution in [0.25, 0.3) is 18.2 Å². The van der Waals surface area contributed by atoms with Gasteiger partial charge < -0.3 is 9.47 Å². The predicted octanol–water partition coefficient (Wildman–Crippen LogP) is 0.998. The molecule has 1 aliphatic carbocycles. The van der Waals surface area contributed by atoms with Crippen LogP contribution in [0.3, 0.4) is 0 Å². The lowest BCUT2D eigenvalue weighted by atomic mass is 10.1. The number of hydrogen-bond donors (Lipinski definition) is 0. The second-order valence-electron chi connectivity index (χ2n) is 5.10. The van der Waals surface area contributed by atoms with Crippen LogP contribution in [-0.4, -0.2) is 31.1 Å². The van der Waals surface area contributed by atoms with Gasteiger partial charge in [0.15, 0.2) is 5.78 Å². The zero-order valence-electron chi connectivity index (χ0n) is 13.2. The molecule has 24 heavy (non-hydrogen) atoms. The fourth-order valence-corrected chi connectivity index (χ4v) is 3.22. The van der Waals surface area contributed by atoms with Gasteiger partial charge in [0.1, 0.15) is 5.75 Å². The Kier molecular flexibility index (Phi) is 4.69. The molecule has 0 aliphatic heterocycles. The summed E-state index contributed by atoms with van der Waals surface area (Å²) in [4.78, 5) is 28.5. The average molecular weight is 341 g/mol. The number of rotatable bonds is 4. The molecule has 0 N–H and O–H groups in total. The molecule has 1 aromatic heterocycles. The molecule has 0 saturated heterocycles. The van der Waals surface area contributed by atoms with Crippen molar-refractivity contribution in [3.63, 3.8) is 0 Å². The quantitative estimate of drug-likeness (QED) is 0.776. The minimum absolute atomic E-state index is 0.154. The van der Waals surface area contributed by atoms with E-state index in [0.29, 0.717) is 21.5 Å². The number of fused-ring (bicyclic) bond motifs is 1. The van der Waals surface area contributed by atoms with Crippen LogP contribution in [0.2, 0.25) is 0 Å². The lowest BCUT2D eigenvalue weighted by Crippen LogP contribution is -2.33. The molecule has 0 saturated carbocycles. The average Bonchev–Trinajstić information content (AvgIpc) is 2.62. The number of nitrogens with zero attached hydrogens (tertiary/aromatic N) is 1. The van der Waals surface area contributed by atoms with E-state index in [0.717, 1.165) is 4.53 Å². The molecular weight excluding hydrogens is 326 g/mol. The summed E-state index contributed by atoms with van der Waals surface area (Å²) >= 11 is 1.24. The summed E-state index contributed by atoms with van der Waals surface area (Å²) in [6, 6.07) is 6.73. The maximum absolute atomic E-state index is 12.3. The molecule has 0 radical (unpaired) electrons. The van der Waals surface area contributed by atoms with Crippen LogP contribution in [0.4, 0.5) is 0 Å². The molecule has 5 nitrogen and oxygen atoms in total. The van der Waals surface area contributed by atoms with E-state index in [1.807, 2.05) is 12.2 Å². The molecule has 0 fully saturated rings. The number of hydrogen-bond acceptors (Lipinski definition) is 6. The highest BCUT2D eigenvalue weighted by molar-refractivity contribution is 7.07. The van der Waals surface area contributed by atoms with E-state index in [-0.39, 0.29) is 11.9 Å². The summed E-state index contributed by atoms with van der Waals surface area (Å²) in [5, 5.41) is 0. The number of ketones is 1. The Morgan fingerprint density at radius 1 is 1.25 bits per heavy atom. The van der Waals surface area contributed by atoms with E-state index in [9.17, 15) is 9.59 Å². The Bertz CT molecular complexity index is 974. The highest BCUT2D eigenvalue weighted by Gasteiger charge is 2.09. The van der Waals surface area contributed by atoms with Crippen LogP contribution in [0, 0.1) is 0 Å². The largest absolute Gasteiger partial charge is 0.497 e. The third-order valence-electron chi connectivity index (χ3n) is 3.57. The first-order chi connectivity index (χ1) is 11.6. The van der Waals surface area contributed by atoms with Crippen molar-refractivity contribution in [3.8, 4) is 5.75 Å². The Labute approximate surface area is 142 Å². The van der Waals surface area contributed by atoms with Gasteiger partial charge in [0.2, 0.25) is 0 Å². The van der Waals surface area contributed by atoms with Gasteiger partial charge in [-0.25, -0.2) is 4.98 Å². The summed E-state index contributed by atoms with van der Waals surface area (Å²) in [5.74, 6) is 0.420. The van der Waals surface area contributed by atoms with E-state index in [4.69, 9.17) is 9.47 Å². The first-order valence-electron chi connectivity index (χ1n) is 7.25. The molecule has 3 rings (SSSR count). The number of methoxy groups -OCH3 is 2. The number of benzene rings is 1. The maximum Gasteiger partial charge on any atom is 0.287 e. The van der Waals surface area contributed by atoms with Crippen LogP contribution in [0.1, 0.15) is 16.1 Å². The lowest BCUT2D eigenvalue weighted by Gasteiger charge is -2.09. The minimum Gasteiger partial charge on any atom is -0.497 e. The number of ether oxygens (including phenoxy) is 2. The first kappa shape index (κ1) is 16.3. The van der Waals surface area contributed by atoms with Gasteiger partial charge in [-0.2, -0.15) is 0 Å². The van der Waals surface area contributed by atoms with Gasteiger partial charge in [-0.05, 0) is 42.5 Å². The summed E-state index contributed by atoms with van der Waals surface area (Å²) in [5.41, 5.74) is 0.681. The smallest absolute Gasteiger partial charge is 0.287 e. The van der Waals surface area contributed by atoms with Crippen LogP contribution in [0.15, 0.2) is 35.1 Å². The number of Topliss-reactive ketones (excluding diaryl/α,β-unsaturated/α-hetero) is 1. The minimum atomic E-state index is -0.408. The van der Waals surface area contributed by atoms with Crippen molar-refractivity contribution in [1.29, 1.82) is 0 Å². The van der Waals surface area contributed by atoms with E-state index in [1.165, 1.54) is 17.4 Å². The van der Waals surface area contributed by atoms with E-state index >= 15 is 0 Å². The third kappa shape index (κ3) is 3.34. The zero-order chi connectivity index (χ0) is 17.1. The molecule has 0 bridgehead atoms. The highest BCUT2D eigenvalue weighted by atomic mass is 32.1. The van der Waals surface area contributed by atoms with Gasteiger partial charge in [-0.1, -0.05) is 0 Å². The Hall–Kier alpha value is -2.57. The van der Waals surface area contributed by atoms with Crippen molar-refractivity contribution in [3.05, 3.63) is 61.0 Å². The fraction of sp³-hybridized carbons (Fsp3) is 0.167. The van der Waals surface area contributed by atoms with E-state index in [2.05, 4.69) is 4.98 Å². The molecule has 1 heterocycles. The first-order valence-corrected chi connectivity index (χ1v) is 8.06. The molecular formula is C18H15NO4S. The van der Waals surface area contributed by atoms with Crippen molar-refractivity contribution in [2.75, 3.05) is 14.2 Å². The molecule has 2 aromatic rings. The monoisotopic (exact) mass is 341 g/mol. The third-order valence-corrected chi connectivity index (χ3v) is 4.65. The van der Waals surface area contributed by atoms with Crippen LogP contribution in [0.5, 0.6) is 5.75 Å². The van der Waals surface area contributed by atoms with Gasteiger partial charge in [0, 0.05) is 18.7 Å². The molecule has 1 unspecified atom stereocenters. The highest BCUT2D eigenvalue weighted by Crippen LogP contribution is 2.12. The molecule has 0 amide bonds.